The third-order valence-corrected chi connectivity index (χ3v) is 4.78. The molecule has 0 unspecified atom stereocenters. The van der Waals surface area contributed by atoms with E-state index in [4.69, 9.17) is 23.2 Å². The predicted molar refractivity (Wildman–Crippen MR) is 114 cm³/mol. The number of nitrogens with zero attached hydrogens (tertiary/aromatic N) is 2. The summed E-state index contributed by atoms with van der Waals surface area (Å²) in [5, 5.41) is 10.5. The number of aromatic nitrogens is 2. The zero-order valence-corrected chi connectivity index (χ0v) is 17.0. The van der Waals surface area contributed by atoms with E-state index in [0.29, 0.717) is 39.5 Å². The molecular formula is C20H18Cl2N4O3. The number of hydrogen-bond donors (Lipinski definition) is 2. The lowest BCUT2D eigenvalue weighted by atomic mass is 10.1. The summed E-state index contributed by atoms with van der Waals surface area (Å²) in [5.41, 5.74) is 0.0652. The van der Waals surface area contributed by atoms with Gasteiger partial charge in [-0.2, -0.15) is 5.10 Å². The minimum Gasteiger partial charge on any atom is -0.328 e. The molecule has 0 radical (unpaired) electrons. The lowest BCUT2D eigenvalue weighted by molar-refractivity contribution is -0.116. The van der Waals surface area contributed by atoms with Crippen molar-refractivity contribution in [2.45, 2.75) is 13.3 Å². The number of H-pyrrole nitrogens is 1. The molecule has 29 heavy (non-hydrogen) atoms. The minimum atomic E-state index is -0.452. The number of hydrogen-bond acceptors (Lipinski definition) is 4. The second-order valence-electron chi connectivity index (χ2n) is 6.35. The Morgan fingerprint density at radius 3 is 2.59 bits per heavy atom. The first-order valence-electron chi connectivity index (χ1n) is 8.92. The van der Waals surface area contributed by atoms with Gasteiger partial charge in [0.05, 0.1) is 16.1 Å². The topological polar surface area (TPSA) is 95.2 Å². The van der Waals surface area contributed by atoms with Crippen molar-refractivity contribution in [2.24, 2.45) is 0 Å². The van der Waals surface area contributed by atoms with Gasteiger partial charge in [0.1, 0.15) is 6.54 Å². The fourth-order valence-corrected chi connectivity index (χ4v) is 3.24. The van der Waals surface area contributed by atoms with Gasteiger partial charge in [0.25, 0.3) is 11.5 Å². The Balaban J connectivity index is 1.85. The third kappa shape index (κ3) is 4.75. The van der Waals surface area contributed by atoms with Crippen LogP contribution in [0.3, 0.4) is 0 Å². The average Bonchev–Trinajstić information content (AvgIpc) is 2.70. The van der Waals surface area contributed by atoms with Gasteiger partial charge in [-0.05, 0) is 30.7 Å². The molecule has 0 fully saturated rings. The van der Waals surface area contributed by atoms with E-state index in [9.17, 15) is 14.4 Å². The highest BCUT2D eigenvalue weighted by atomic mass is 35.5. The molecule has 0 aliphatic rings. The van der Waals surface area contributed by atoms with Gasteiger partial charge in [0, 0.05) is 17.0 Å². The van der Waals surface area contributed by atoms with Crippen LogP contribution in [0.25, 0.3) is 10.8 Å². The highest BCUT2D eigenvalue weighted by Crippen LogP contribution is 2.25. The number of amides is 2. The third-order valence-electron chi connectivity index (χ3n) is 4.22. The van der Waals surface area contributed by atoms with Crippen LogP contribution in [-0.2, 0) is 4.79 Å². The molecule has 3 rings (SSSR count). The van der Waals surface area contributed by atoms with Crippen molar-refractivity contribution < 1.29 is 9.59 Å². The summed E-state index contributed by atoms with van der Waals surface area (Å²) < 4.78 is 0. The van der Waals surface area contributed by atoms with Crippen LogP contribution >= 0.6 is 23.2 Å². The number of benzene rings is 2. The summed E-state index contributed by atoms with van der Waals surface area (Å²) in [6.45, 7) is 2.03. The first kappa shape index (κ1) is 20.8. The molecule has 2 aromatic carbocycles. The number of anilines is 1. The molecule has 0 aliphatic carbocycles. The molecule has 0 atom stereocenters. The lowest BCUT2D eigenvalue weighted by Crippen LogP contribution is -2.39. The molecule has 3 aromatic rings. The number of aromatic amines is 1. The molecule has 0 spiro atoms. The van der Waals surface area contributed by atoms with Crippen molar-refractivity contribution in [3.63, 3.8) is 0 Å². The van der Waals surface area contributed by atoms with Crippen LogP contribution in [0.1, 0.15) is 23.8 Å². The Morgan fingerprint density at radius 1 is 1.14 bits per heavy atom. The molecule has 2 N–H and O–H groups in total. The molecule has 0 aliphatic heterocycles. The number of halogens is 2. The SMILES string of the molecule is CCCN(CC(=O)Nc1cc(Cl)ccc1Cl)C(=O)c1n[nH]c(=O)c2ccccc12. The molecule has 0 saturated heterocycles. The van der Waals surface area contributed by atoms with Gasteiger partial charge in [-0.1, -0.05) is 48.3 Å². The maximum atomic E-state index is 13.1. The summed E-state index contributed by atoms with van der Waals surface area (Å²) in [7, 11) is 0. The van der Waals surface area contributed by atoms with E-state index >= 15 is 0 Å². The molecular weight excluding hydrogens is 415 g/mol. The van der Waals surface area contributed by atoms with E-state index in [1.165, 1.54) is 11.0 Å². The number of rotatable bonds is 6. The van der Waals surface area contributed by atoms with Crippen molar-refractivity contribution in [3.8, 4) is 0 Å². The molecule has 1 heterocycles. The molecule has 2 amide bonds. The Morgan fingerprint density at radius 2 is 1.86 bits per heavy atom. The van der Waals surface area contributed by atoms with E-state index in [-0.39, 0.29) is 17.8 Å². The summed E-state index contributed by atoms with van der Waals surface area (Å²) >= 11 is 12.0. The van der Waals surface area contributed by atoms with E-state index < -0.39 is 11.8 Å². The Hall–Kier alpha value is -2.90. The Bertz CT molecular complexity index is 1130. The van der Waals surface area contributed by atoms with Crippen molar-refractivity contribution in [1.29, 1.82) is 0 Å². The summed E-state index contributed by atoms with van der Waals surface area (Å²) in [6.07, 6.45) is 0.637. The van der Waals surface area contributed by atoms with Crippen LogP contribution in [0.5, 0.6) is 0 Å². The van der Waals surface area contributed by atoms with Crippen molar-refractivity contribution in [3.05, 3.63) is 68.6 Å². The normalized spacial score (nSPS) is 10.7. The second kappa shape index (κ2) is 9.07. The van der Waals surface area contributed by atoms with Gasteiger partial charge in [-0.25, -0.2) is 5.10 Å². The summed E-state index contributed by atoms with van der Waals surface area (Å²) in [5.74, 6) is -0.878. The van der Waals surface area contributed by atoms with E-state index in [2.05, 4.69) is 15.5 Å². The second-order valence-corrected chi connectivity index (χ2v) is 7.19. The number of carbonyl (C=O) groups is 2. The standard InChI is InChI=1S/C20H18Cl2N4O3/c1-2-9-26(11-17(27)23-16-10-12(21)7-8-15(16)22)20(29)18-13-5-3-4-6-14(13)19(28)25-24-18/h3-8,10H,2,9,11H2,1H3,(H,23,27)(H,25,28). The average molecular weight is 433 g/mol. The van der Waals surface area contributed by atoms with Crippen LogP contribution in [0.15, 0.2) is 47.3 Å². The molecule has 0 bridgehead atoms. The van der Waals surface area contributed by atoms with Gasteiger partial charge < -0.3 is 10.2 Å². The fourth-order valence-electron chi connectivity index (χ4n) is 2.91. The summed E-state index contributed by atoms with van der Waals surface area (Å²) in [6, 6.07) is 11.4. The lowest BCUT2D eigenvalue weighted by Gasteiger charge is -2.21. The Kier molecular flexibility index (Phi) is 6.51. The van der Waals surface area contributed by atoms with Crippen LogP contribution in [0.4, 0.5) is 5.69 Å². The first-order valence-corrected chi connectivity index (χ1v) is 9.68. The van der Waals surface area contributed by atoms with E-state index in [0.717, 1.165) is 0 Å². The van der Waals surface area contributed by atoms with Gasteiger partial charge >= 0.3 is 0 Å². The smallest absolute Gasteiger partial charge is 0.275 e. The fraction of sp³-hybridized carbons (Fsp3) is 0.200. The van der Waals surface area contributed by atoms with Crippen LogP contribution < -0.4 is 10.9 Å². The summed E-state index contributed by atoms with van der Waals surface area (Å²) in [4.78, 5) is 38.9. The molecule has 7 nitrogen and oxygen atoms in total. The number of carbonyl (C=O) groups excluding carboxylic acids is 2. The maximum Gasteiger partial charge on any atom is 0.275 e. The van der Waals surface area contributed by atoms with Crippen molar-refractivity contribution in [2.75, 3.05) is 18.4 Å². The van der Waals surface area contributed by atoms with Crippen LogP contribution in [-0.4, -0.2) is 40.0 Å². The highest BCUT2D eigenvalue weighted by molar-refractivity contribution is 6.35. The Labute approximate surface area is 176 Å². The molecule has 0 saturated carbocycles. The molecule has 9 heteroatoms. The van der Waals surface area contributed by atoms with Crippen LogP contribution in [0, 0.1) is 0 Å². The monoisotopic (exact) mass is 432 g/mol. The minimum absolute atomic E-state index is 0.0854. The zero-order valence-electron chi connectivity index (χ0n) is 15.5. The zero-order chi connectivity index (χ0) is 21.0. The van der Waals surface area contributed by atoms with Crippen LogP contribution in [0.2, 0.25) is 10.0 Å². The van der Waals surface area contributed by atoms with E-state index in [1.54, 1.807) is 36.4 Å². The van der Waals surface area contributed by atoms with Gasteiger partial charge in [-0.15, -0.1) is 0 Å². The quantitative estimate of drug-likeness (QED) is 0.620. The van der Waals surface area contributed by atoms with Gasteiger partial charge in [0.15, 0.2) is 5.69 Å². The number of fused-ring (bicyclic) bond motifs is 1. The predicted octanol–water partition coefficient (Wildman–Crippen LogP) is 3.72. The van der Waals surface area contributed by atoms with Gasteiger partial charge in [-0.3, -0.25) is 14.4 Å². The molecule has 1 aromatic heterocycles. The van der Waals surface area contributed by atoms with Crippen molar-refractivity contribution >= 4 is 51.5 Å². The number of nitrogens with one attached hydrogen (secondary N) is 2. The van der Waals surface area contributed by atoms with Crippen molar-refractivity contribution in [1.82, 2.24) is 15.1 Å². The van der Waals surface area contributed by atoms with E-state index in [1.807, 2.05) is 6.92 Å². The first-order chi connectivity index (χ1) is 13.9. The molecule has 150 valence electrons. The largest absolute Gasteiger partial charge is 0.328 e. The maximum absolute atomic E-state index is 13.1. The van der Waals surface area contributed by atoms with Gasteiger partial charge in [0.2, 0.25) is 5.91 Å². The highest BCUT2D eigenvalue weighted by Gasteiger charge is 2.22.